The lowest BCUT2D eigenvalue weighted by atomic mass is 10.2. The third kappa shape index (κ3) is 2.19. The Kier molecular flexibility index (Phi) is 3.29. The zero-order valence-electron chi connectivity index (χ0n) is 9.73. The van der Waals surface area contributed by atoms with Crippen molar-refractivity contribution in [3.8, 4) is 16.3 Å². The number of aromatic nitrogens is 1. The monoisotopic (exact) mass is 267 g/mol. The molecule has 0 aliphatic rings. The predicted octanol–water partition coefficient (Wildman–Crippen LogP) is 2.96. The average molecular weight is 267 g/mol. The van der Waals surface area contributed by atoms with E-state index in [1.165, 1.54) is 19.2 Å². The zero-order chi connectivity index (χ0) is 13.3. The van der Waals surface area contributed by atoms with Crippen molar-refractivity contribution in [1.29, 1.82) is 0 Å². The third-order valence-electron chi connectivity index (χ3n) is 2.39. The molecule has 2 rings (SSSR count). The molecular formula is C12H10FNO3S. The molecular weight excluding hydrogens is 257 g/mol. The summed E-state index contributed by atoms with van der Waals surface area (Å²) in [4.78, 5) is 15.2. The summed E-state index contributed by atoms with van der Waals surface area (Å²) >= 11 is 1.02. The Bertz CT molecular complexity index is 609. The van der Waals surface area contributed by atoms with Crippen LogP contribution in [0.15, 0.2) is 18.2 Å². The van der Waals surface area contributed by atoms with Crippen molar-refractivity contribution in [3.63, 3.8) is 0 Å². The van der Waals surface area contributed by atoms with Gasteiger partial charge < -0.3 is 9.84 Å². The second kappa shape index (κ2) is 4.73. The number of carboxylic acid groups (broad SMARTS) is 1. The average Bonchev–Trinajstić information content (AvgIpc) is 2.71. The number of carboxylic acids is 1. The van der Waals surface area contributed by atoms with Gasteiger partial charge in [-0.15, -0.1) is 11.3 Å². The van der Waals surface area contributed by atoms with Crippen LogP contribution >= 0.6 is 11.3 Å². The predicted molar refractivity (Wildman–Crippen MR) is 65.8 cm³/mol. The second-order valence-corrected chi connectivity index (χ2v) is 4.59. The highest BCUT2D eigenvalue weighted by molar-refractivity contribution is 7.17. The lowest BCUT2D eigenvalue weighted by molar-refractivity contribution is 0.0701. The maximum atomic E-state index is 13.5. The Labute approximate surface area is 107 Å². The van der Waals surface area contributed by atoms with E-state index >= 15 is 0 Å². The Morgan fingerprint density at radius 3 is 2.72 bits per heavy atom. The quantitative estimate of drug-likeness (QED) is 0.928. The van der Waals surface area contributed by atoms with Gasteiger partial charge >= 0.3 is 5.97 Å². The fraction of sp³-hybridized carbons (Fsp3) is 0.167. The number of carbonyl (C=O) groups is 1. The largest absolute Gasteiger partial charge is 0.494 e. The molecule has 0 fully saturated rings. The van der Waals surface area contributed by atoms with Crippen LogP contribution in [-0.4, -0.2) is 23.2 Å². The van der Waals surface area contributed by atoms with Crippen LogP contribution < -0.4 is 4.74 Å². The van der Waals surface area contributed by atoms with Gasteiger partial charge in [-0.3, -0.25) is 0 Å². The highest BCUT2D eigenvalue weighted by atomic mass is 32.1. The Morgan fingerprint density at radius 2 is 2.22 bits per heavy atom. The lowest BCUT2D eigenvalue weighted by Crippen LogP contribution is -1.94. The maximum absolute atomic E-state index is 13.5. The molecule has 0 atom stereocenters. The molecule has 18 heavy (non-hydrogen) atoms. The number of hydrogen-bond donors (Lipinski definition) is 1. The van der Waals surface area contributed by atoms with Crippen molar-refractivity contribution in [2.75, 3.05) is 7.11 Å². The van der Waals surface area contributed by atoms with Crippen LogP contribution in [0.2, 0.25) is 0 Å². The number of hydrogen-bond acceptors (Lipinski definition) is 4. The van der Waals surface area contributed by atoms with E-state index in [2.05, 4.69) is 4.98 Å². The van der Waals surface area contributed by atoms with E-state index in [4.69, 9.17) is 9.84 Å². The number of aromatic carboxylic acids is 1. The molecule has 0 bridgehead atoms. The van der Waals surface area contributed by atoms with E-state index < -0.39 is 11.8 Å². The summed E-state index contributed by atoms with van der Waals surface area (Å²) in [5.74, 6) is -1.38. The fourth-order valence-electron chi connectivity index (χ4n) is 1.52. The van der Waals surface area contributed by atoms with Gasteiger partial charge in [0.15, 0.2) is 11.6 Å². The van der Waals surface area contributed by atoms with E-state index in [0.717, 1.165) is 11.3 Å². The molecule has 0 radical (unpaired) electrons. The number of nitrogens with zero attached hydrogens (tertiary/aromatic N) is 1. The van der Waals surface area contributed by atoms with Crippen molar-refractivity contribution < 1.29 is 19.0 Å². The number of aryl methyl sites for hydroxylation is 1. The van der Waals surface area contributed by atoms with Crippen LogP contribution in [0.25, 0.3) is 10.6 Å². The van der Waals surface area contributed by atoms with E-state index in [9.17, 15) is 9.18 Å². The molecule has 1 N–H and O–H groups in total. The number of rotatable bonds is 3. The van der Waals surface area contributed by atoms with Crippen molar-refractivity contribution >= 4 is 17.3 Å². The minimum absolute atomic E-state index is 0.144. The molecule has 1 aromatic heterocycles. The van der Waals surface area contributed by atoms with Gasteiger partial charge in [0.05, 0.1) is 12.8 Å². The van der Waals surface area contributed by atoms with Crippen molar-refractivity contribution in [1.82, 2.24) is 4.98 Å². The van der Waals surface area contributed by atoms with Crippen LogP contribution in [0.1, 0.15) is 15.4 Å². The van der Waals surface area contributed by atoms with Gasteiger partial charge in [0.1, 0.15) is 9.88 Å². The van der Waals surface area contributed by atoms with Gasteiger partial charge in [0.2, 0.25) is 0 Å². The highest BCUT2D eigenvalue weighted by Crippen LogP contribution is 2.30. The van der Waals surface area contributed by atoms with E-state index in [-0.39, 0.29) is 10.6 Å². The third-order valence-corrected chi connectivity index (χ3v) is 3.58. The summed E-state index contributed by atoms with van der Waals surface area (Å²) in [7, 11) is 1.38. The SMILES string of the molecule is COc1ccc(-c2nc(C)c(C(=O)O)s2)cc1F. The molecule has 0 aliphatic carbocycles. The van der Waals surface area contributed by atoms with E-state index in [1.54, 1.807) is 13.0 Å². The second-order valence-electron chi connectivity index (χ2n) is 3.59. The summed E-state index contributed by atoms with van der Waals surface area (Å²) in [5.41, 5.74) is 0.965. The molecule has 1 aromatic carbocycles. The van der Waals surface area contributed by atoms with Gasteiger partial charge in [-0.05, 0) is 25.1 Å². The maximum Gasteiger partial charge on any atom is 0.347 e. The minimum atomic E-state index is -1.02. The van der Waals surface area contributed by atoms with Crippen LogP contribution in [0.5, 0.6) is 5.75 Å². The topological polar surface area (TPSA) is 59.4 Å². The molecule has 0 aliphatic heterocycles. The first kappa shape index (κ1) is 12.5. The molecule has 0 unspecified atom stereocenters. The summed E-state index contributed by atoms with van der Waals surface area (Å²) < 4.78 is 18.4. The highest BCUT2D eigenvalue weighted by Gasteiger charge is 2.16. The summed E-state index contributed by atoms with van der Waals surface area (Å²) in [6.07, 6.45) is 0. The Morgan fingerprint density at radius 1 is 1.50 bits per heavy atom. The van der Waals surface area contributed by atoms with Crippen LogP contribution in [0.3, 0.4) is 0 Å². The molecule has 0 saturated carbocycles. The number of thiazole rings is 1. The normalized spacial score (nSPS) is 10.4. The summed E-state index contributed by atoms with van der Waals surface area (Å²) in [5, 5.41) is 9.42. The van der Waals surface area contributed by atoms with E-state index in [1.807, 2.05) is 0 Å². The van der Waals surface area contributed by atoms with Crippen LogP contribution in [0, 0.1) is 12.7 Å². The van der Waals surface area contributed by atoms with Crippen LogP contribution in [-0.2, 0) is 0 Å². The van der Waals surface area contributed by atoms with Crippen LogP contribution in [0.4, 0.5) is 4.39 Å². The summed E-state index contributed by atoms with van der Waals surface area (Å²) in [6, 6.07) is 4.41. The molecule has 0 spiro atoms. The molecule has 0 saturated heterocycles. The first-order chi connectivity index (χ1) is 8.52. The smallest absolute Gasteiger partial charge is 0.347 e. The summed E-state index contributed by atoms with van der Waals surface area (Å²) in [6.45, 7) is 1.61. The Hall–Kier alpha value is -1.95. The molecule has 4 nitrogen and oxygen atoms in total. The van der Waals surface area contributed by atoms with Gasteiger partial charge in [-0.2, -0.15) is 0 Å². The van der Waals surface area contributed by atoms with Gasteiger partial charge in [-0.1, -0.05) is 0 Å². The zero-order valence-corrected chi connectivity index (χ0v) is 10.5. The van der Waals surface area contributed by atoms with E-state index in [0.29, 0.717) is 16.3 Å². The van der Waals surface area contributed by atoms with Gasteiger partial charge in [0.25, 0.3) is 0 Å². The van der Waals surface area contributed by atoms with Gasteiger partial charge in [0, 0.05) is 5.56 Å². The standard InChI is InChI=1S/C12H10FNO3S/c1-6-10(12(15)16)18-11(14-6)7-3-4-9(17-2)8(13)5-7/h3-5H,1-2H3,(H,15,16). The molecule has 6 heteroatoms. The molecule has 94 valence electrons. The number of halogens is 1. The van der Waals surface area contributed by atoms with Crippen molar-refractivity contribution in [3.05, 3.63) is 34.6 Å². The molecule has 0 amide bonds. The molecule has 2 aromatic rings. The number of ether oxygens (including phenoxy) is 1. The lowest BCUT2D eigenvalue weighted by Gasteiger charge is -2.02. The first-order valence-corrected chi connectivity index (χ1v) is 5.89. The number of methoxy groups -OCH3 is 1. The number of benzene rings is 1. The Balaban J connectivity index is 2.46. The minimum Gasteiger partial charge on any atom is -0.494 e. The molecule has 1 heterocycles. The first-order valence-electron chi connectivity index (χ1n) is 5.07. The van der Waals surface area contributed by atoms with Crippen molar-refractivity contribution in [2.24, 2.45) is 0 Å². The van der Waals surface area contributed by atoms with Gasteiger partial charge in [-0.25, -0.2) is 14.2 Å². The fourth-order valence-corrected chi connectivity index (χ4v) is 2.42. The van der Waals surface area contributed by atoms with Crippen molar-refractivity contribution in [2.45, 2.75) is 6.92 Å².